The van der Waals surface area contributed by atoms with Crippen molar-refractivity contribution in [2.24, 2.45) is 0 Å². The number of nitrogens with one attached hydrogen (secondary N) is 2. The van der Waals surface area contributed by atoms with Gasteiger partial charge in [-0.3, -0.25) is 14.6 Å². The first-order chi connectivity index (χ1) is 13.7. The molecule has 2 amide bonds. The zero-order chi connectivity index (χ0) is 19.6. The lowest BCUT2D eigenvalue weighted by Gasteiger charge is -2.25. The molecule has 1 aliphatic carbocycles. The number of carbonyl (C=O) groups excluding carboxylic acids is 2. The van der Waals surface area contributed by atoms with Crippen molar-refractivity contribution >= 4 is 11.8 Å². The molecule has 5 nitrogen and oxygen atoms in total. The summed E-state index contributed by atoms with van der Waals surface area (Å²) in [6.45, 7) is 0. The largest absolute Gasteiger partial charge is 0.352 e. The second-order valence-corrected chi connectivity index (χ2v) is 7.51. The van der Waals surface area contributed by atoms with Crippen molar-refractivity contribution in [3.63, 3.8) is 0 Å². The van der Waals surface area contributed by atoms with E-state index in [9.17, 15) is 9.59 Å². The highest BCUT2D eigenvalue weighted by molar-refractivity contribution is 5.97. The van der Waals surface area contributed by atoms with Crippen LogP contribution >= 0.6 is 0 Å². The van der Waals surface area contributed by atoms with Crippen LogP contribution in [0.1, 0.15) is 60.9 Å². The molecule has 1 aliphatic rings. The summed E-state index contributed by atoms with van der Waals surface area (Å²) < 4.78 is 0. The lowest BCUT2D eigenvalue weighted by Crippen LogP contribution is -2.50. The van der Waals surface area contributed by atoms with Gasteiger partial charge in [-0.25, -0.2) is 0 Å². The zero-order valence-electron chi connectivity index (χ0n) is 16.3. The molecule has 0 bridgehead atoms. The van der Waals surface area contributed by atoms with E-state index < -0.39 is 6.04 Å². The highest BCUT2D eigenvalue weighted by atomic mass is 16.2. The zero-order valence-corrected chi connectivity index (χ0v) is 16.3. The quantitative estimate of drug-likeness (QED) is 0.805. The first-order valence-corrected chi connectivity index (χ1v) is 10.3. The predicted octanol–water partition coefficient (Wildman–Crippen LogP) is 3.65. The Morgan fingerprint density at radius 1 is 0.964 bits per heavy atom. The Kier molecular flexibility index (Phi) is 7.59. The fourth-order valence-corrected chi connectivity index (χ4v) is 3.70. The van der Waals surface area contributed by atoms with Gasteiger partial charge in [0.15, 0.2) is 0 Å². The van der Waals surface area contributed by atoms with Crippen LogP contribution < -0.4 is 10.6 Å². The van der Waals surface area contributed by atoms with Crippen LogP contribution in [0.4, 0.5) is 0 Å². The topological polar surface area (TPSA) is 71.1 Å². The number of hydrogen-bond donors (Lipinski definition) is 2. The molecule has 3 rings (SSSR count). The molecule has 28 heavy (non-hydrogen) atoms. The molecule has 1 aromatic carbocycles. The van der Waals surface area contributed by atoms with Gasteiger partial charge in [0.25, 0.3) is 5.91 Å². The molecular formula is C23H29N3O2. The molecule has 2 N–H and O–H groups in total. The Bertz CT molecular complexity index is 741. The Labute approximate surface area is 167 Å². The summed E-state index contributed by atoms with van der Waals surface area (Å²) in [7, 11) is 0. The standard InChI is InChI=1S/C23H29N3O2/c27-22(19-12-9-15-24-17-19)26-21(16-18-10-5-4-6-11-18)23(28)25-20-13-7-2-1-3-8-14-20/h4-6,9-12,15,17,20-21H,1-3,7-8,13-14,16H2,(H,25,28)(H,26,27). The van der Waals surface area contributed by atoms with E-state index in [0.717, 1.165) is 31.2 Å². The summed E-state index contributed by atoms with van der Waals surface area (Å²) in [5.41, 5.74) is 1.48. The minimum Gasteiger partial charge on any atom is -0.352 e. The van der Waals surface area contributed by atoms with Gasteiger partial charge in [-0.05, 0) is 30.5 Å². The number of nitrogens with zero attached hydrogens (tertiary/aromatic N) is 1. The van der Waals surface area contributed by atoms with Crippen LogP contribution in [0.5, 0.6) is 0 Å². The molecule has 0 aliphatic heterocycles. The third-order valence-corrected chi connectivity index (χ3v) is 5.28. The van der Waals surface area contributed by atoms with Gasteiger partial charge in [0.05, 0.1) is 5.56 Å². The SMILES string of the molecule is O=C(NC(Cc1ccccc1)C(=O)NC1CCCCCCC1)c1cccnc1. The van der Waals surface area contributed by atoms with Gasteiger partial charge in [0, 0.05) is 24.9 Å². The molecule has 0 saturated heterocycles. The summed E-state index contributed by atoms with van der Waals surface area (Å²) in [6, 6.07) is 12.8. The molecule has 1 fully saturated rings. The second kappa shape index (κ2) is 10.6. The van der Waals surface area contributed by atoms with Gasteiger partial charge in [-0.15, -0.1) is 0 Å². The number of benzene rings is 1. The van der Waals surface area contributed by atoms with E-state index in [1.54, 1.807) is 18.3 Å². The molecule has 1 heterocycles. The Morgan fingerprint density at radius 2 is 1.68 bits per heavy atom. The number of amides is 2. The summed E-state index contributed by atoms with van der Waals surface area (Å²) in [5.74, 6) is -0.381. The van der Waals surface area contributed by atoms with Gasteiger partial charge < -0.3 is 10.6 Å². The van der Waals surface area contributed by atoms with E-state index in [4.69, 9.17) is 0 Å². The number of rotatable bonds is 6. The van der Waals surface area contributed by atoms with Crippen LogP contribution in [-0.4, -0.2) is 28.9 Å². The number of hydrogen-bond acceptors (Lipinski definition) is 3. The van der Waals surface area contributed by atoms with Crippen molar-refractivity contribution < 1.29 is 9.59 Å². The van der Waals surface area contributed by atoms with Crippen molar-refractivity contribution in [1.82, 2.24) is 15.6 Å². The smallest absolute Gasteiger partial charge is 0.253 e. The Morgan fingerprint density at radius 3 is 2.36 bits per heavy atom. The highest BCUT2D eigenvalue weighted by Crippen LogP contribution is 2.17. The molecule has 0 spiro atoms. The van der Waals surface area contributed by atoms with Crippen molar-refractivity contribution in [3.05, 3.63) is 66.0 Å². The van der Waals surface area contributed by atoms with Crippen LogP contribution in [0, 0.1) is 0 Å². The first-order valence-electron chi connectivity index (χ1n) is 10.3. The molecule has 1 aromatic heterocycles. The van der Waals surface area contributed by atoms with Crippen LogP contribution in [0.15, 0.2) is 54.9 Å². The van der Waals surface area contributed by atoms with E-state index in [2.05, 4.69) is 15.6 Å². The molecule has 1 unspecified atom stereocenters. The van der Waals surface area contributed by atoms with Crippen LogP contribution in [0.25, 0.3) is 0 Å². The Balaban J connectivity index is 1.69. The average Bonchev–Trinajstić information content (AvgIpc) is 2.70. The minimum absolute atomic E-state index is 0.105. The maximum atomic E-state index is 13.0. The maximum absolute atomic E-state index is 13.0. The van der Waals surface area contributed by atoms with E-state index in [-0.39, 0.29) is 17.9 Å². The number of aromatic nitrogens is 1. The predicted molar refractivity (Wildman–Crippen MR) is 110 cm³/mol. The van der Waals surface area contributed by atoms with Gasteiger partial charge in [-0.2, -0.15) is 0 Å². The average molecular weight is 380 g/mol. The normalized spacial score (nSPS) is 16.4. The molecule has 1 saturated carbocycles. The van der Waals surface area contributed by atoms with Crippen LogP contribution in [0.2, 0.25) is 0 Å². The van der Waals surface area contributed by atoms with Crippen molar-refractivity contribution in [3.8, 4) is 0 Å². The van der Waals surface area contributed by atoms with E-state index >= 15 is 0 Å². The Hall–Kier alpha value is -2.69. The van der Waals surface area contributed by atoms with Crippen molar-refractivity contribution in [1.29, 1.82) is 0 Å². The van der Waals surface area contributed by atoms with Crippen molar-refractivity contribution in [2.45, 2.75) is 63.5 Å². The maximum Gasteiger partial charge on any atom is 0.253 e. The first kappa shape index (κ1) is 20.1. The van der Waals surface area contributed by atoms with Gasteiger partial charge >= 0.3 is 0 Å². The van der Waals surface area contributed by atoms with E-state index in [1.165, 1.54) is 25.5 Å². The minimum atomic E-state index is -0.611. The second-order valence-electron chi connectivity index (χ2n) is 7.51. The van der Waals surface area contributed by atoms with Gasteiger partial charge in [-0.1, -0.05) is 62.4 Å². The summed E-state index contributed by atoms with van der Waals surface area (Å²) >= 11 is 0. The monoisotopic (exact) mass is 379 g/mol. The van der Waals surface area contributed by atoms with Crippen LogP contribution in [-0.2, 0) is 11.2 Å². The lowest BCUT2D eigenvalue weighted by atomic mass is 9.96. The number of carbonyl (C=O) groups is 2. The fraction of sp³-hybridized carbons (Fsp3) is 0.435. The molecule has 0 radical (unpaired) electrons. The molecule has 5 heteroatoms. The third kappa shape index (κ3) is 6.19. The van der Waals surface area contributed by atoms with E-state index in [1.807, 2.05) is 30.3 Å². The molecular weight excluding hydrogens is 350 g/mol. The van der Waals surface area contributed by atoms with Crippen molar-refractivity contribution in [2.75, 3.05) is 0 Å². The highest BCUT2D eigenvalue weighted by Gasteiger charge is 2.24. The van der Waals surface area contributed by atoms with Gasteiger partial charge in [0.2, 0.25) is 5.91 Å². The lowest BCUT2D eigenvalue weighted by molar-refractivity contribution is -0.123. The summed E-state index contributed by atoms with van der Waals surface area (Å²) in [4.78, 5) is 29.6. The number of pyridine rings is 1. The van der Waals surface area contributed by atoms with Crippen LogP contribution in [0.3, 0.4) is 0 Å². The molecule has 148 valence electrons. The summed E-state index contributed by atoms with van der Waals surface area (Å²) in [5, 5.41) is 6.10. The third-order valence-electron chi connectivity index (χ3n) is 5.28. The van der Waals surface area contributed by atoms with E-state index in [0.29, 0.717) is 12.0 Å². The molecule has 1 atom stereocenters. The molecule has 2 aromatic rings. The fourth-order valence-electron chi connectivity index (χ4n) is 3.70. The van der Waals surface area contributed by atoms with Gasteiger partial charge in [0.1, 0.15) is 6.04 Å². The summed E-state index contributed by atoms with van der Waals surface area (Å²) in [6.07, 6.45) is 11.7.